The van der Waals surface area contributed by atoms with Gasteiger partial charge in [0.15, 0.2) is 5.82 Å². The summed E-state index contributed by atoms with van der Waals surface area (Å²) in [6.45, 7) is 1.73. The Labute approximate surface area is 149 Å². The maximum Gasteiger partial charge on any atom is 0.337 e. The highest BCUT2D eigenvalue weighted by Crippen LogP contribution is 2.22. The quantitative estimate of drug-likeness (QED) is 0.704. The first-order valence-corrected chi connectivity index (χ1v) is 9.03. The van der Waals surface area contributed by atoms with Gasteiger partial charge in [-0.05, 0) is 43.3 Å². The lowest BCUT2D eigenvalue weighted by atomic mass is 10.2. The number of sulfonamides is 1. The van der Waals surface area contributed by atoms with Crippen LogP contribution < -0.4 is 4.72 Å². The van der Waals surface area contributed by atoms with Crippen LogP contribution in [0.5, 0.6) is 0 Å². The zero-order chi connectivity index (χ0) is 18.2. The van der Waals surface area contributed by atoms with Gasteiger partial charge in [-0.1, -0.05) is 11.6 Å². The van der Waals surface area contributed by atoms with Crippen molar-refractivity contribution in [3.8, 4) is 0 Å². The number of carbonyl (C=O) groups is 1. The van der Waals surface area contributed by atoms with Gasteiger partial charge in [0.2, 0.25) is 0 Å². The number of nitrogens with zero attached hydrogens (tertiary/aromatic N) is 2. The fourth-order valence-corrected chi connectivity index (χ4v) is 3.53. The first-order valence-electron chi connectivity index (χ1n) is 7.17. The van der Waals surface area contributed by atoms with E-state index < -0.39 is 16.0 Å². The second kappa shape index (κ2) is 6.38. The largest absolute Gasteiger partial charge is 0.465 e. The topological polar surface area (TPSA) is 89.8 Å². The van der Waals surface area contributed by atoms with Crippen molar-refractivity contribution in [2.45, 2.75) is 11.8 Å². The average molecular weight is 380 g/mol. The van der Waals surface area contributed by atoms with Crippen LogP contribution in [0.1, 0.15) is 16.1 Å². The summed E-state index contributed by atoms with van der Waals surface area (Å²) in [5.41, 5.74) is 1.44. The number of hydrogen-bond acceptors (Lipinski definition) is 5. The van der Waals surface area contributed by atoms with Crippen LogP contribution >= 0.6 is 11.6 Å². The first-order chi connectivity index (χ1) is 11.8. The second-order valence-electron chi connectivity index (χ2n) is 5.24. The molecule has 0 fully saturated rings. The molecule has 0 amide bonds. The molecule has 0 atom stereocenters. The number of aryl methyl sites for hydroxylation is 1. The number of hydrogen-bond donors (Lipinski definition) is 1. The van der Waals surface area contributed by atoms with Crippen LogP contribution in [0.2, 0.25) is 5.02 Å². The van der Waals surface area contributed by atoms with Gasteiger partial charge in [0.25, 0.3) is 10.0 Å². The fraction of sp³-hybridized carbons (Fsp3) is 0.125. The molecule has 1 aromatic carbocycles. The molecule has 2 aromatic heterocycles. The summed E-state index contributed by atoms with van der Waals surface area (Å²) in [6, 6.07) is 8.80. The van der Waals surface area contributed by atoms with Gasteiger partial charge in [-0.25, -0.2) is 18.2 Å². The van der Waals surface area contributed by atoms with Crippen molar-refractivity contribution in [1.29, 1.82) is 0 Å². The van der Waals surface area contributed by atoms with Crippen molar-refractivity contribution < 1.29 is 17.9 Å². The number of nitrogens with one attached hydrogen (secondary N) is 1. The Morgan fingerprint density at radius 3 is 2.52 bits per heavy atom. The van der Waals surface area contributed by atoms with E-state index in [-0.39, 0.29) is 16.3 Å². The van der Waals surface area contributed by atoms with E-state index in [1.165, 1.54) is 31.4 Å². The molecule has 0 spiro atoms. The molecule has 0 saturated carbocycles. The Bertz CT molecular complexity index is 1060. The predicted molar refractivity (Wildman–Crippen MR) is 93.5 cm³/mol. The summed E-state index contributed by atoms with van der Waals surface area (Å²) in [4.78, 5) is 15.7. The minimum atomic E-state index is -3.85. The van der Waals surface area contributed by atoms with Gasteiger partial charge in [0, 0.05) is 6.20 Å². The van der Waals surface area contributed by atoms with Crippen LogP contribution in [0.3, 0.4) is 0 Å². The maximum atomic E-state index is 12.5. The third kappa shape index (κ3) is 3.31. The Morgan fingerprint density at radius 1 is 1.20 bits per heavy atom. The molecule has 0 aliphatic heterocycles. The Balaban J connectivity index is 1.94. The number of benzene rings is 1. The summed E-state index contributed by atoms with van der Waals surface area (Å²) in [7, 11) is -2.60. The van der Waals surface area contributed by atoms with Crippen LogP contribution in [0, 0.1) is 6.92 Å². The molecule has 1 N–H and O–H groups in total. The molecule has 25 heavy (non-hydrogen) atoms. The summed E-state index contributed by atoms with van der Waals surface area (Å²) in [6.07, 6.45) is 1.65. The molecule has 0 saturated heterocycles. The van der Waals surface area contributed by atoms with Gasteiger partial charge >= 0.3 is 5.97 Å². The Hall–Kier alpha value is -2.58. The molecular weight excluding hydrogens is 366 g/mol. The lowest BCUT2D eigenvalue weighted by Gasteiger charge is -2.07. The molecule has 2 heterocycles. The fourth-order valence-electron chi connectivity index (χ4n) is 2.31. The lowest BCUT2D eigenvalue weighted by molar-refractivity contribution is 0.0600. The monoisotopic (exact) mass is 379 g/mol. The van der Waals surface area contributed by atoms with E-state index in [0.717, 1.165) is 0 Å². The van der Waals surface area contributed by atoms with E-state index in [4.69, 9.17) is 11.6 Å². The normalized spacial score (nSPS) is 11.5. The van der Waals surface area contributed by atoms with Crippen molar-refractivity contribution in [3.63, 3.8) is 0 Å². The third-order valence-corrected chi connectivity index (χ3v) is 5.22. The Morgan fingerprint density at radius 2 is 1.88 bits per heavy atom. The summed E-state index contributed by atoms with van der Waals surface area (Å²) < 4.78 is 33.8. The average Bonchev–Trinajstić information content (AvgIpc) is 2.89. The maximum absolute atomic E-state index is 12.5. The first kappa shape index (κ1) is 17.2. The van der Waals surface area contributed by atoms with E-state index in [0.29, 0.717) is 16.4 Å². The van der Waals surface area contributed by atoms with Crippen molar-refractivity contribution in [1.82, 2.24) is 9.38 Å². The molecule has 0 bridgehead atoms. The molecule has 0 aliphatic rings. The van der Waals surface area contributed by atoms with Crippen molar-refractivity contribution in [3.05, 3.63) is 58.9 Å². The molecule has 0 radical (unpaired) electrons. The molecule has 9 heteroatoms. The molecule has 3 rings (SSSR count). The molecule has 0 aliphatic carbocycles. The number of ether oxygens (including phenoxy) is 1. The number of pyridine rings is 1. The van der Waals surface area contributed by atoms with Gasteiger partial charge in [-0.15, -0.1) is 0 Å². The number of methoxy groups -OCH3 is 1. The minimum absolute atomic E-state index is 0.00893. The predicted octanol–water partition coefficient (Wildman–Crippen LogP) is 2.88. The number of rotatable bonds is 4. The minimum Gasteiger partial charge on any atom is -0.465 e. The van der Waals surface area contributed by atoms with Crippen LogP contribution in [-0.4, -0.2) is 30.9 Å². The van der Waals surface area contributed by atoms with Gasteiger partial charge < -0.3 is 9.14 Å². The summed E-state index contributed by atoms with van der Waals surface area (Å²) in [5, 5.41) is 0.515. The van der Waals surface area contributed by atoms with Crippen LogP contribution in [-0.2, 0) is 14.8 Å². The summed E-state index contributed by atoms with van der Waals surface area (Å²) in [5.74, 6) is -0.329. The number of imidazole rings is 1. The van der Waals surface area contributed by atoms with Gasteiger partial charge in [-0.2, -0.15) is 0 Å². The van der Waals surface area contributed by atoms with E-state index in [2.05, 4.69) is 14.4 Å². The highest BCUT2D eigenvalue weighted by atomic mass is 35.5. The number of carbonyl (C=O) groups excluding carboxylic acids is 1. The third-order valence-electron chi connectivity index (χ3n) is 3.64. The highest BCUT2D eigenvalue weighted by molar-refractivity contribution is 7.92. The van der Waals surface area contributed by atoms with Gasteiger partial charge in [0.1, 0.15) is 5.65 Å². The van der Waals surface area contributed by atoms with Gasteiger partial charge in [-0.3, -0.25) is 4.72 Å². The summed E-state index contributed by atoms with van der Waals surface area (Å²) >= 11 is 5.96. The van der Waals surface area contributed by atoms with Crippen LogP contribution in [0.25, 0.3) is 5.65 Å². The highest BCUT2D eigenvalue weighted by Gasteiger charge is 2.19. The van der Waals surface area contributed by atoms with Crippen molar-refractivity contribution >= 4 is 39.1 Å². The molecule has 0 unspecified atom stereocenters. The SMILES string of the molecule is COC(=O)c1ccc(S(=O)(=O)Nc2nc3ccc(Cl)cn3c2C)cc1. The van der Waals surface area contributed by atoms with E-state index in [1.807, 2.05) is 0 Å². The molecule has 130 valence electrons. The standard InChI is InChI=1S/C16H14ClN3O4S/c1-10-15(18-14-8-5-12(17)9-20(10)14)19-25(22,23)13-6-3-11(4-7-13)16(21)24-2/h3-9,19H,1-2H3. The second-order valence-corrected chi connectivity index (χ2v) is 7.36. The number of fused-ring (bicyclic) bond motifs is 1. The zero-order valence-electron chi connectivity index (χ0n) is 13.4. The lowest BCUT2D eigenvalue weighted by Crippen LogP contribution is -2.14. The van der Waals surface area contributed by atoms with Crippen molar-refractivity contribution in [2.24, 2.45) is 0 Å². The number of anilines is 1. The van der Waals surface area contributed by atoms with E-state index >= 15 is 0 Å². The number of halogens is 1. The van der Waals surface area contributed by atoms with Crippen LogP contribution in [0.4, 0.5) is 5.82 Å². The van der Waals surface area contributed by atoms with Gasteiger partial charge in [0.05, 0.1) is 28.3 Å². The van der Waals surface area contributed by atoms with E-state index in [9.17, 15) is 13.2 Å². The Kier molecular flexibility index (Phi) is 4.40. The smallest absolute Gasteiger partial charge is 0.337 e. The molecule has 7 nitrogen and oxygen atoms in total. The van der Waals surface area contributed by atoms with E-state index in [1.54, 1.807) is 29.7 Å². The number of aromatic nitrogens is 2. The van der Waals surface area contributed by atoms with Crippen molar-refractivity contribution in [2.75, 3.05) is 11.8 Å². The molecule has 3 aromatic rings. The van der Waals surface area contributed by atoms with Crippen LogP contribution in [0.15, 0.2) is 47.5 Å². The molecular formula is C16H14ClN3O4S. The zero-order valence-corrected chi connectivity index (χ0v) is 14.9. The number of esters is 1.